The van der Waals surface area contributed by atoms with Gasteiger partial charge in [-0.3, -0.25) is 4.79 Å². The van der Waals surface area contributed by atoms with Crippen LogP contribution in [0.3, 0.4) is 0 Å². The van der Waals surface area contributed by atoms with Crippen LogP contribution >= 0.6 is 0 Å². The van der Waals surface area contributed by atoms with Crippen molar-refractivity contribution in [1.82, 2.24) is 0 Å². The molecule has 2 atom stereocenters. The number of carbonyl (C=O) groups is 1. The SMILES string of the molecule is COCc1c(F)c(F)c(COC(=O)[C@@H]2[C@H](C=C(F)C#N)C2(C)C)c(F)c1F. The maximum Gasteiger partial charge on any atom is 0.310 e. The Bertz CT molecular complexity index is 815. The molecule has 0 radical (unpaired) electrons. The molecule has 0 amide bonds. The summed E-state index contributed by atoms with van der Waals surface area (Å²) in [6.07, 6.45) is 0.964. The Morgan fingerprint density at radius 3 is 2.04 bits per heavy atom. The third-order valence-electron chi connectivity index (χ3n) is 4.69. The molecule has 0 saturated heterocycles. The molecule has 0 aliphatic heterocycles. The summed E-state index contributed by atoms with van der Waals surface area (Å²) in [6, 6.07) is 1.28. The third kappa shape index (κ3) is 3.81. The highest BCUT2D eigenvalue weighted by molar-refractivity contribution is 5.78. The Hall–Kier alpha value is -2.47. The number of carbonyl (C=O) groups excluding carboxylic acids is 1. The quantitative estimate of drug-likeness (QED) is 0.318. The van der Waals surface area contributed by atoms with Gasteiger partial charge in [0.25, 0.3) is 0 Å². The van der Waals surface area contributed by atoms with Crippen molar-refractivity contribution in [1.29, 1.82) is 5.26 Å². The molecule has 0 bridgehead atoms. The number of rotatable bonds is 6. The van der Waals surface area contributed by atoms with Crippen molar-refractivity contribution < 1.29 is 36.2 Å². The van der Waals surface area contributed by atoms with Crippen LogP contribution in [0.1, 0.15) is 25.0 Å². The normalized spacial score (nSPS) is 20.9. The number of methoxy groups -OCH3 is 1. The summed E-state index contributed by atoms with van der Waals surface area (Å²) in [6.45, 7) is 1.51. The summed E-state index contributed by atoms with van der Waals surface area (Å²) >= 11 is 0. The van der Waals surface area contributed by atoms with Gasteiger partial charge in [-0.25, -0.2) is 17.6 Å². The summed E-state index contributed by atoms with van der Waals surface area (Å²) in [5.74, 6) is -10.1. The predicted molar refractivity (Wildman–Crippen MR) is 82.3 cm³/mol. The van der Waals surface area contributed by atoms with E-state index in [1.54, 1.807) is 13.8 Å². The average Bonchev–Trinajstić information content (AvgIpc) is 3.16. The van der Waals surface area contributed by atoms with Gasteiger partial charge in [-0.05, 0) is 11.5 Å². The molecule has 9 heteroatoms. The summed E-state index contributed by atoms with van der Waals surface area (Å²) in [5.41, 5.74) is -2.73. The van der Waals surface area contributed by atoms with Gasteiger partial charge >= 0.3 is 5.97 Å². The van der Waals surface area contributed by atoms with Crippen molar-refractivity contribution in [3.63, 3.8) is 0 Å². The Kier molecular flexibility index (Phi) is 5.90. The van der Waals surface area contributed by atoms with Crippen LogP contribution < -0.4 is 0 Å². The number of benzene rings is 1. The number of nitriles is 1. The van der Waals surface area contributed by atoms with Crippen LogP contribution in [0.5, 0.6) is 0 Å². The largest absolute Gasteiger partial charge is 0.460 e. The fourth-order valence-electron chi connectivity index (χ4n) is 2.99. The van der Waals surface area contributed by atoms with Gasteiger partial charge in [0.1, 0.15) is 12.7 Å². The second-order valence-electron chi connectivity index (χ2n) is 6.70. The standard InChI is InChI=1S/C18H16F5NO3/c1-18(2)11(4-8(19)5-24)12(18)17(25)27-7-10-15(22)13(20)9(6-26-3)14(21)16(10)23/h4,11-12H,6-7H2,1-3H3/t11-,12-/m0/s1. The van der Waals surface area contributed by atoms with Gasteiger partial charge in [0.15, 0.2) is 29.1 Å². The first kappa shape index (κ1) is 20.8. The molecule has 27 heavy (non-hydrogen) atoms. The van der Waals surface area contributed by atoms with Crippen molar-refractivity contribution in [2.45, 2.75) is 27.1 Å². The van der Waals surface area contributed by atoms with Gasteiger partial charge in [0.05, 0.1) is 23.7 Å². The fourth-order valence-corrected chi connectivity index (χ4v) is 2.99. The van der Waals surface area contributed by atoms with Crippen LogP contribution in [0.25, 0.3) is 0 Å². The van der Waals surface area contributed by atoms with E-state index in [1.807, 2.05) is 0 Å². The topological polar surface area (TPSA) is 59.3 Å². The molecule has 0 unspecified atom stereocenters. The fraction of sp³-hybridized carbons (Fsp3) is 0.444. The Balaban J connectivity index is 2.18. The molecule has 2 rings (SSSR count). The third-order valence-corrected chi connectivity index (χ3v) is 4.69. The Morgan fingerprint density at radius 1 is 1.11 bits per heavy atom. The number of halogens is 5. The molecular weight excluding hydrogens is 373 g/mol. The van der Waals surface area contributed by atoms with E-state index in [0.29, 0.717) is 0 Å². The second-order valence-corrected chi connectivity index (χ2v) is 6.70. The molecule has 1 aromatic carbocycles. The molecule has 0 heterocycles. The summed E-state index contributed by atoms with van der Waals surface area (Å²) in [4.78, 5) is 12.1. The van der Waals surface area contributed by atoms with Crippen LogP contribution in [0.4, 0.5) is 22.0 Å². The van der Waals surface area contributed by atoms with Crippen LogP contribution in [0.2, 0.25) is 0 Å². The Morgan fingerprint density at radius 2 is 1.59 bits per heavy atom. The molecule has 0 aromatic heterocycles. The first-order valence-electron chi connectivity index (χ1n) is 7.84. The highest BCUT2D eigenvalue weighted by atomic mass is 19.2. The van der Waals surface area contributed by atoms with Crippen molar-refractivity contribution in [2.24, 2.45) is 17.3 Å². The molecule has 4 nitrogen and oxygen atoms in total. The van der Waals surface area contributed by atoms with Crippen LogP contribution in [0.15, 0.2) is 11.9 Å². The maximum atomic E-state index is 14.0. The molecule has 1 saturated carbocycles. The van der Waals surface area contributed by atoms with Crippen LogP contribution in [0, 0.1) is 51.9 Å². The van der Waals surface area contributed by atoms with Crippen molar-refractivity contribution in [3.8, 4) is 6.07 Å². The first-order valence-corrected chi connectivity index (χ1v) is 7.84. The number of nitrogens with zero attached hydrogens (tertiary/aromatic N) is 1. The van der Waals surface area contributed by atoms with Crippen molar-refractivity contribution >= 4 is 5.97 Å². The van der Waals surface area contributed by atoms with Crippen molar-refractivity contribution in [2.75, 3.05) is 7.11 Å². The number of hydrogen-bond donors (Lipinski definition) is 0. The summed E-state index contributed by atoms with van der Waals surface area (Å²) in [7, 11) is 1.10. The number of allylic oxidation sites excluding steroid dienone is 2. The lowest BCUT2D eigenvalue weighted by Gasteiger charge is -2.12. The van der Waals surface area contributed by atoms with Gasteiger partial charge in [-0.2, -0.15) is 9.65 Å². The zero-order valence-electron chi connectivity index (χ0n) is 14.7. The minimum absolute atomic E-state index is 0.642. The number of esters is 1. The zero-order chi connectivity index (χ0) is 20.5. The molecule has 1 aliphatic carbocycles. The van der Waals surface area contributed by atoms with Gasteiger partial charge in [0.2, 0.25) is 0 Å². The lowest BCUT2D eigenvalue weighted by molar-refractivity contribution is -0.147. The number of ether oxygens (including phenoxy) is 2. The van der Waals surface area contributed by atoms with E-state index in [1.165, 1.54) is 6.07 Å². The average molecular weight is 389 g/mol. The van der Waals surface area contributed by atoms with Gasteiger partial charge in [-0.15, -0.1) is 0 Å². The number of hydrogen-bond acceptors (Lipinski definition) is 4. The van der Waals surface area contributed by atoms with E-state index in [4.69, 9.17) is 10.00 Å². The van der Waals surface area contributed by atoms with Crippen molar-refractivity contribution in [3.05, 3.63) is 46.3 Å². The lowest BCUT2D eigenvalue weighted by atomic mass is 10.1. The molecule has 0 spiro atoms. The Labute approximate surface area is 152 Å². The summed E-state index contributed by atoms with van der Waals surface area (Å²) < 4.78 is 78.2. The van der Waals surface area contributed by atoms with Gasteiger partial charge in [-0.1, -0.05) is 13.8 Å². The maximum absolute atomic E-state index is 14.0. The molecular formula is C18H16F5NO3. The second kappa shape index (κ2) is 7.64. The monoisotopic (exact) mass is 389 g/mol. The van der Waals surface area contributed by atoms with E-state index in [-0.39, 0.29) is 0 Å². The highest BCUT2D eigenvalue weighted by Gasteiger charge is 2.61. The zero-order valence-corrected chi connectivity index (χ0v) is 14.7. The molecule has 1 fully saturated rings. The highest BCUT2D eigenvalue weighted by Crippen LogP contribution is 2.60. The van der Waals surface area contributed by atoms with E-state index in [0.717, 1.165) is 13.2 Å². The summed E-state index contributed by atoms with van der Waals surface area (Å²) in [5, 5.41) is 8.46. The van der Waals surface area contributed by atoms with Crippen LogP contribution in [-0.2, 0) is 27.5 Å². The minimum atomic E-state index is -1.68. The minimum Gasteiger partial charge on any atom is -0.460 e. The molecule has 1 aliphatic rings. The van der Waals surface area contributed by atoms with E-state index in [9.17, 15) is 26.7 Å². The molecule has 146 valence electrons. The van der Waals surface area contributed by atoms with Crippen LogP contribution in [-0.4, -0.2) is 13.1 Å². The first-order chi connectivity index (χ1) is 12.6. The lowest BCUT2D eigenvalue weighted by Crippen LogP contribution is -2.15. The van der Waals surface area contributed by atoms with E-state index in [2.05, 4.69) is 4.74 Å². The van der Waals surface area contributed by atoms with Gasteiger partial charge < -0.3 is 9.47 Å². The smallest absolute Gasteiger partial charge is 0.310 e. The predicted octanol–water partition coefficient (Wildman–Crippen LogP) is 4.08. The van der Waals surface area contributed by atoms with Gasteiger partial charge in [0, 0.05) is 13.0 Å². The van der Waals surface area contributed by atoms with E-state index < -0.39 is 76.7 Å². The van der Waals surface area contributed by atoms with E-state index >= 15 is 0 Å². The molecule has 0 N–H and O–H groups in total. The molecule has 1 aromatic rings.